The number of hydrogen-bond acceptors (Lipinski definition) is 2. The summed E-state index contributed by atoms with van der Waals surface area (Å²) in [4.78, 5) is 0. The van der Waals surface area contributed by atoms with Crippen LogP contribution < -0.4 is 10.1 Å². The van der Waals surface area contributed by atoms with Gasteiger partial charge in [-0.25, -0.2) is 0 Å². The zero-order valence-corrected chi connectivity index (χ0v) is 11.8. The number of rotatable bonds is 6. The molecule has 0 aliphatic heterocycles. The Balaban J connectivity index is 1.74. The second-order valence-electron chi connectivity index (χ2n) is 6.24. The Morgan fingerprint density at radius 2 is 2.06 bits per heavy atom. The van der Waals surface area contributed by atoms with Crippen LogP contribution in [0.15, 0.2) is 24.3 Å². The quantitative estimate of drug-likeness (QED) is 0.776. The van der Waals surface area contributed by atoms with Crippen molar-refractivity contribution in [3.8, 4) is 5.75 Å². The van der Waals surface area contributed by atoms with Crippen molar-refractivity contribution in [2.75, 3.05) is 6.54 Å². The SMILES string of the molecule is CC(C)(C)NCCCc1cccc(OC2CC2)c1. The molecule has 0 aromatic heterocycles. The van der Waals surface area contributed by atoms with Gasteiger partial charge in [-0.05, 0) is 70.7 Å². The van der Waals surface area contributed by atoms with Crippen LogP contribution in [0.5, 0.6) is 5.75 Å². The largest absolute Gasteiger partial charge is 0.490 e. The van der Waals surface area contributed by atoms with Crippen LogP contribution >= 0.6 is 0 Å². The second-order valence-corrected chi connectivity index (χ2v) is 6.24. The fourth-order valence-electron chi connectivity index (χ4n) is 1.91. The zero-order chi connectivity index (χ0) is 13.0. The molecule has 0 amide bonds. The molecule has 1 fully saturated rings. The predicted molar refractivity (Wildman–Crippen MR) is 76.2 cm³/mol. The number of nitrogens with one attached hydrogen (secondary N) is 1. The summed E-state index contributed by atoms with van der Waals surface area (Å²) in [7, 11) is 0. The lowest BCUT2D eigenvalue weighted by atomic mass is 10.1. The van der Waals surface area contributed by atoms with Gasteiger partial charge in [-0.2, -0.15) is 0 Å². The van der Waals surface area contributed by atoms with Crippen LogP contribution in [0, 0.1) is 0 Å². The molecule has 2 nitrogen and oxygen atoms in total. The molecule has 0 spiro atoms. The van der Waals surface area contributed by atoms with E-state index in [1.54, 1.807) is 0 Å². The highest BCUT2D eigenvalue weighted by molar-refractivity contribution is 5.29. The van der Waals surface area contributed by atoms with E-state index in [0.717, 1.165) is 18.7 Å². The van der Waals surface area contributed by atoms with E-state index in [1.165, 1.54) is 24.8 Å². The van der Waals surface area contributed by atoms with Gasteiger partial charge in [-0.15, -0.1) is 0 Å². The Kier molecular flexibility index (Phi) is 4.28. The molecule has 100 valence electrons. The van der Waals surface area contributed by atoms with E-state index in [-0.39, 0.29) is 5.54 Å². The van der Waals surface area contributed by atoms with E-state index >= 15 is 0 Å². The maximum absolute atomic E-state index is 5.81. The Morgan fingerprint density at radius 3 is 2.72 bits per heavy atom. The van der Waals surface area contributed by atoms with Crippen molar-refractivity contribution in [1.82, 2.24) is 5.32 Å². The molecule has 0 bridgehead atoms. The van der Waals surface area contributed by atoms with Crippen molar-refractivity contribution in [3.05, 3.63) is 29.8 Å². The Hall–Kier alpha value is -1.02. The predicted octanol–water partition coefficient (Wildman–Crippen LogP) is 3.55. The molecular formula is C16H25NO. The lowest BCUT2D eigenvalue weighted by Gasteiger charge is -2.20. The fraction of sp³-hybridized carbons (Fsp3) is 0.625. The van der Waals surface area contributed by atoms with Crippen molar-refractivity contribution >= 4 is 0 Å². The van der Waals surface area contributed by atoms with E-state index in [9.17, 15) is 0 Å². The Bertz CT molecular complexity index is 377. The summed E-state index contributed by atoms with van der Waals surface area (Å²) in [6.07, 6.45) is 5.22. The summed E-state index contributed by atoms with van der Waals surface area (Å²) in [5.74, 6) is 1.04. The zero-order valence-electron chi connectivity index (χ0n) is 11.8. The van der Waals surface area contributed by atoms with Crippen LogP contribution in [-0.4, -0.2) is 18.2 Å². The third-order valence-electron chi connectivity index (χ3n) is 3.02. The van der Waals surface area contributed by atoms with Gasteiger partial charge in [0.2, 0.25) is 0 Å². The van der Waals surface area contributed by atoms with Gasteiger partial charge in [-0.3, -0.25) is 0 Å². The summed E-state index contributed by atoms with van der Waals surface area (Å²) >= 11 is 0. The van der Waals surface area contributed by atoms with Gasteiger partial charge in [0.15, 0.2) is 0 Å². The first kappa shape index (κ1) is 13.4. The maximum atomic E-state index is 5.81. The van der Waals surface area contributed by atoms with Crippen molar-refractivity contribution in [2.24, 2.45) is 0 Å². The normalized spacial score (nSPS) is 15.7. The molecule has 18 heavy (non-hydrogen) atoms. The molecule has 0 radical (unpaired) electrons. The highest BCUT2D eigenvalue weighted by atomic mass is 16.5. The molecule has 1 N–H and O–H groups in total. The topological polar surface area (TPSA) is 21.3 Å². The monoisotopic (exact) mass is 247 g/mol. The van der Waals surface area contributed by atoms with Crippen molar-refractivity contribution in [1.29, 1.82) is 0 Å². The first-order valence-electron chi connectivity index (χ1n) is 7.03. The average Bonchev–Trinajstić information content (AvgIpc) is 3.08. The molecule has 0 atom stereocenters. The minimum absolute atomic E-state index is 0.219. The van der Waals surface area contributed by atoms with Crippen molar-refractivity contribution in [2.45, 2.75) is 58.1 Å². The molecule has 1 aliphatic rings. The molecule has 0 heterocycles. The third kappa shape index (κ3) is 5.09. The molecule has 1 saturated carbocycles. The third-order valence-corrected chi connectivity index (χ3v) is 3.02. The molecule has 0 unspecified atom stereocenters. The van der Waals surface area contributed by atoms with Crippen LogP contribution in [0.2, 0.25) is 0 Å². The molecule has 0 saturated heterocycles. The fourth-order valence-corrected chi connectivity index (χ4v) is 1.91. The van der Waals surface area contributed by atoms with E-state index in [0.29, 0.717) is 6.10 Å². The number of benzene rings is 1. The summed E-state index contributed by atoms with van der Waals surface area (Å²) < 4.78 is 5.81. The van der Waals surface area contributed by atoms with E-state index in [2.05, 4.69) is 50.4 Å². The molecule has 1 aromatic rings. The Morgan fingerprint density at radius 1 is 1.28 bits per heavy atom. The first-order valence-corrected chi connectivity index (χ1v) is 7.03. The number of aryl methyl sites for hydroxylation is 1. The molecule has 2 rings (SSSR count). The van der Waals surface area contributed by atoms with Gasteiger partial charge in [0, 0.05) is 5.54 Å². The minimum atomic E-state index is 0.219. The minimum Gasteiger partial charge on any atom is -0.490 e. The highest BCUT2D eigenvalue weighted by Crippen LogP contribution is 2.27. The highest BCUT2D eigenvalue weighted by Gasteiger charge is 2.23. The summed E-state index contributed by atoms with van der Waals surface area (Å²) in [5.41, 5.74) is 1.60. The number of ether oxygens (including phenoxy) is 1. The van der Waals surface area contributed by atoms with Gasteiger partial charge in [0.1, 0.15) is 5.75 Å². The van der Waals surface area contributed by atoms with Crippen LogP contribution in [0.3, 0.4) is 0 Å². The van der Waals surface area contributed by atoms with Crippen LogP contribution in [-0.2, 0) is 6.42 Å². The van der Waals surface area contributed by atoms with Crippen molar-refractivity contribution < 1.29 is 4.74 Å². The van der Waals surface area contributed by atoms with Crippen LogP contribution in [0.25, 0.3) is 0 Å². The van der Waals surface area contributed by atoms with Gasteiger partial charge in [0.25, 0.3) is 0 Å². The molecular weight excluding hydrogens is 222 g/mol. The molecule has 1 aliphatic carbocycles. The molecule has 1 aromatic carbocycles. The van der Waals surface area contributed by atoms with E-state index in [1.807, 2.05) is 0 Å². The van der Waals surface area contributed by atoms with E-state index < -0.39 is 0 Å². The number of hydrogen-bond donors (Lipinski definition) is 1. The average molecular weight is 247 g/mol. The van der Waals surface area contributed by atoms with Crippen LogP contribution in [0.1, 0.15) is 45.6 Å². The standard InChI is InChI=1S/C16H25NO/c1-16(2,3)17-11-5-7-13-6-4-8-15(12-13)18-14-9-10-14/h4,6,8,12,14,17H,5,7,9-11H2,1-3H3. The Labute approximate surface area is 111 Å². The smallest absolute Gasteiger partial charge is 0.119 e. The van der Waals surface area contributed by atoms with E-state index in [4.69, 9.17) is 4.74 Å². The maximum Gasteiger partial charge on any atom is 0.119 e. The summed E-state index contributed by atoms with van der Waals surface area (Å²) in [5, 5.41) is 3.52. The summed E-state index contributed by atoms with van der Waals surface area (Å²) in [6.45, 7) is 7.68. The van der Waals surface area contributed by atoms with Gasteiger partial charge in [0.05, 0.1) is 6.10 Å². The van der Waals surface area contributed by atoms with Crippen LogP contribution in [0.4, 0.5) is 0 Å². The summed E-state index contributed by atoms with van der Waals surface area (Å²) in [6, 6.07) is 8.55. The lowest BCUT2D eigenvalue weighted by Crippen LogP contribution is -2.36. The lowest BCUT2D eigenvalue weighted by molar-refractivity contribution is 0.303. The van der Waals surface area contributed by atoms with Gasteiger partial charge >= 0.3 is 0 Å². The molecule has 2 heteroatoms. The van der Waals surface area contributed by atoms with Crippen molar-refractivity contribution in [3.63, 3.8) is 0 Å². The second kappa shape index (κ2) is 5.75. The van der Waals surface area contributed by atoms with Gasteiger partial charge < -0.3 is 10.1 Å². The van der Waals surface area contributed by atoms with Gasteiger partial charge in [-0.1, -0.05) is 12.1 Å². The first-order chi connectivity index (χ1) is 8.53.